The maximum absolute atomic E-state index is 11.7. The molecule has 0 N–H and O–H groups in total. The first kappa shape index (κ1) is 17.0. The second-order valence-corrected chi connectivity index (χ2v) is 4.19. The molecular weight excluding hydrogens is 245 g/mol. The molecule has 0 amide bonds. The fourth-order valence-electron chi connectivity index (χ4n) is 1.52. The lowest BCUT2D eigenvalue weighted by atomic mass is 10.1. The first-order chi connectivity index (χ1) is 8.48. The monoisotopic (exact) mass is 266 g/mol. The zero-order chi connectivity index (χ0) is 13.9. The van der Waals surface area contributed by atoms with Gasteiger partial charge in [0.1, 0.15) is 0 Å². The normalized spacial score (nSPS) is 11.3. The fraction of sp³-hybridized carbons (Fsp3) is 0.769. The van der Waals surface area contributed by atoms with Crippen LogP contribution in [0.3, 0.4) is 0 Å². The maximum Gasteiger partial charge on any atom is 0.490 e. The summed E-state index contributed by atoms with van der Waals surface area (Å²) in [4.78, 5) is 10.3. The summed E-state index contributed by atoms with van der Waals surface area (Å²) >= 11 is 0. The van der Waals surface area contributed by atoms with Crippen LogP contribution in [-0.4, -0.2) is 18.8 Å². The van der Waals surface area contributed by atoms with Crippen LogP contribution in [0.5, 0.6) is 0 Å². The van der Waals surface area contributed by atoms with Gasteiger partial charge in [0.2, 0.25) is 0 Å². The molecule has 0 fully saturated rings. The number of ether oxygens (including phenoxy) is 1. The second-order valence-electron chi connectivity index (χ2n) is 4.19. The lowest BCUT2D eigenvalue weighted by Crippen LogP contribution is -2.25. The SMILES string of the molecule is C=CCCCCCCCCCOC(=O)C(F)(F)F. The molecule has 0 saturated heterocycles. The van der Waals surface area contributed by atoms with Crippen LogP contribution in [0.2, 0.25) is 0 Å². The Morgan fingerprint density at radius 2 is 1.50 bits per heavy atom. The van der Waals surface area contributed by atoms with E-state index in [0.717, 1.165) is 44.9 Å². The van der Waals surface area contributed by atoms with Crippen molar-refractivity contribution in [3.63, 3.8) is 0 Å². The van der Waals surface area contributed by atoms with Crippen LogP contribution < -0.4 is 0 Å². The van der Waals surface area contributed by atoms with Gasteiger partial charge in [-0.1, -0.05) is 38.2 Å². The number of allylic oxidation sites excluding steroid dienone is 1. The van der Waals surface area contributed by atoms with Crippen LogP contribution in [0, 0.1) is 0 Å². The molecule has 0 aromatic carbocycles. The Bertz CT molecular complexity index is 237. The number of rotatable bonds is 10. The van der Waals surface area contributed by atoms with E-state index < -0.39 is 12.1 Å². The fourth-order valence-corrected chi connectivity index (χ4v) is 1.52. The summed E-state index contributed by atoms with van der Waals surface area (Å²) in [6, 6.07) is 0. The van der Waals surface area contributed by atoms with Gasteiger partial charge in [-0.2, -0.15) is 13.2 Å². The summed E-state index contributed by atoms with van der Waals surface area (Å²) in [6.45, 7) is 3.49. The van der Waals surface area contributed by atoms with E-state index in [1.165, 1.54) is 0 Å². The van der Waals surface area contributed by atoms with E-state index in [1.54, 1.807) is 0 Å². The summed E-state index contributed by atoms with van der Waals surface area (Å²) in [5.41, 5.74) is 0. The average Bonchev–Trinajstić information content (AvgIpc) is 2.30. The Balaban J connectivity index is 3.21. The number of unbranched alkanes of at least 4 members (excludes halogenated alkanes) is 7. The van der Waals surface area contributed by atoms with Gasteiger partial charge in [-0.15, -0.1) is 6.58 Å². The molecule has 0 spiro atoms. The largest absolute Gasteiger partial charge is 0.490 e. The van der Waals surface area contributed by atoms with Gasteiger partial charge < -0.3 is 4.74 Å². The molecule has 0 radical (unpaired) electrons. The molecular formula is C13H21F3O2. The van der Waals surface area contributed by atoms with Crippen LogP contribution >= 0.6 is 0 Å². The van der Waals surface area contributed by atoms with Gasteiger partial charge in [-0.25, -0.2) is 4.79 Å². The highest BCUT2D eigenvalue weighted by atomic mass is 19.4. The van der Waals surface area contributed by atoms with E-state index in [0.29, 0.717) is 6.42 Å². The maximum atomic E-state index is 11.7. The molecule has 0 unspecified atom stereocenters. The predicted octanol–water partition coefficient (Wildman–Crippen LogP) is 4.40. The van der Waals surface area contributed by atoms with Gasteiger partial charge in [0.25, 0.3) is 0 Å². The van der Waals surface area contributed by atoms with Crippen molar-refractivity contribution in [2.75, 3.05) is 6.61 Å². The van der Waals surface area contributed by atoms with Crippen LogP contribution in [0.1, 0.15) is 51.4 Å². The third-order valence-electron chi connectivity index (χ3n) is 2.52. The first-order valence-corrected chi connectivity index (χ1v) is 6.33. The Morgan fingerprint density at radius 1 is 1.00 bits per heavy atom. The van der Waals surface area contributed by atoms with E-state index in [4.69, 9.17) is 0 Å². The van der Waals surface area contributed by atoms with Crippen LogP contribution in [-0.2, 0) is 9.53 Å². The number of halogens is 3. The van der Waals surface area contributed by atoms with Gasteiger partial charge in [-0.05, 0) is 19.3 Å². The third-order valence-corrected chi connectivity index (χ3v) is 2.52. The Labute approximate surface area is 106 Å². The van der Waals surface area contributed by atoms with E-state index in [1.807, 2.05) is 6.08 Å². The van der Waals surface area contributed by atoms with Gasteiger partial charge in [0.15, 0.2) is 0 Å². The van der Waals surface area contributed by atoms with Crippen molar-refractivity contribution < 1.29 is 22.7 Å². The standard InChI is InChI=1S/C13H21F3O2/c1-2-3-4-5-6-7-8-9-10-11-18-12(17)13(14,15)16/h2H,1,3-11H2. The number of carbonyl (C=O) groups excluding carboxylic acids is 1. The lowest BCUT2D eigenvalue weighted by Gasteiger charge is -2.06. The Kier molecular flexibility index (Phi) is 9.42. The minimum atomic E-state index is -4.87. The van der Waals surface area contributed by atoms with Crippen LogP contribution in [0.4, 0.5) is 13.2 Å². The molecule has 0 atom stereocenters. The second kappa shape index (κ2) is 9.97. The molecule has 0 bridgehead atoms. The Hall–Kier alpha value is -1.00. The summed E-state index contributed by atoms with van der Waals surface area (Å²) in [6.07, 6.45) is 4.84. The summed E-state index contributed by atoms with van der Waals surface area (Å²) in [7, 11) is 0. The van der Waals surface area contributed by atoms with E-state index in [2.05, 4.69) is 11.3 Å². The van der Waals surface area contributed by atoms with Crippen molar-refractivity contribution in [1.29, 1.82) is 0 Å². The van der Waals surface area contributed by atoms with Gasteiger partial charge >= 0.3 is 12.1 Å². The molecule has 0 aliphatic heterocycles. The molecule has 0 rings (SSSR count). The molecule has 106 valence electrons. The number of alkyl halides is 3. The summed E-state index contributed by atoms with van der Waals surface area (Å²) in [5, 5.41) is 0. The molecule has 18 heavy (non-hydrogen) atoms. The molecule has 0 saturated carbocycles. The van der Waals surface area contributed by atoms with Gasteiger partial charge in [-0.3, -0.25) is 0 Å². The molecule has 2 nitrogen and oxygen atoms in total. The molecule has 0 heterocycles. The molecule has 0 aromatic heterocycles. The first-order valence-electron chi connectivity index (χ1n) is 6.33. The molecule has 0 aromatic rings. The predicted molar refractivity (Wildman–Crippen MR) is 64.1 cm³/mol. The minimum absolute atomic E-state index is 0.144. The van der Waals surface area contributed by atoms with E-state index in [9.17, 15) is 18.0 Å². The highest BCUT2D eigenvalue weighted by molar-refractivity contribution is 5.75. The van der Waals surface area contributed by atoms with Crippen molar-refractivity contribution >= 4 is 5.97 Å². The average molecular weight is 266 g/mol. The minimum Gasteiger partial charge on any atom is -0.459 e. The van der Waals surface area contributed by atoms with E-state index in [-0.39, 0.29) is 6.61 Å². The molecule has 0 aliphatic carbocycles. The summed E-state index contributed by atoms with van der Waals surface area (Å²) in [5.74, 6) is -2.09. The molecule has 0 aliphatic rings. The number of carbonyl (C=O) groups is 1. The van der Waals surface area contributed by atoms with Crippen molar-refractivity contribution in [3.05, 3.63) is 12.7 Å². The van der Waals surface area contributed by atoms with E-state index >= 15 is 0 Å². The lowest BCUT2D eigenvalue weighted by molar-refractivity contribution is -0.199. The third kappa shape index (κ3) is 10.2. The molecule has 5 heteroatoms. The number of hydrogen-bond acceptors (Lipinski definition) is 2. The zero-order valence-electron chi connectivity index (χ0n) is 10.6. The number of hydrogen-bond donors (Lipinski definition) is 0. The van der Waals surface area contributed by atoms with Gasteiger partial charge in [0.05, 0.1) is 6.61 Å². The van der Waals surface area contributed by atoms with Crippen molar-refractivity contribution in [2.24, 2.45) is 0 Å². The van der Waals surface area contributed by atoms with Gasteiger partial charge in [0, 0.05) is 0 Å². The van der Waals surface area contributed by atoms with Crippen molar-refractivity contribution in [1.82, 2.24) is 0 Å². The van der Waals surface area contributed by atoms with Crippen molar-refractivity contribution in [3.8, 4) is 0 Å². The smallest absolute Gasteiger partial charge is 0.459 e. The highest BCUT2D eigenvalue weighted by Gasteiger charge is 2.40. The van der Waals surface area contributed by atoms with Crippen molar-refractivity contribution in [2.45, 2.75) is 57.5 Å². The number of esters is 1. The Morgan fingerprint density at radius 3 is 2.00 bits per heavy atom. The quantitative estimate of drug-likeness (QED) is 0.333. The van der Waals surface area contributed by atoms with Crippen LogP contribution in [0.25, 0.3) is 0 Å². The zero-order valence-corrected chi connectivity index (χ0v) is 10.6. The highest BCUT2D eigenvalue weighted by Crippen LogP contribution is 2.16. The topological polar surface area (TPSA) is 26.3 Å². The van der Waals surface area contributed by atoms with Crippen LogP contribution in [0.15, 0.2) is 12.7 Å². The summed E-state index contributed by atoms with van der Waals surface area (Å²) < 4.78 is 39.3.